The fourth-order valence-corrected chi connectivity index (χ4v) is 5.29. The summed E-state index contributed by atoms with van der Waals surface area (Å²) in [6, 6.07) is 9.26. The van der Waals surface area contributed by atoms with Gasteiger partial charge in [0.1, 0.15) is 17.6 Å². The minimum Gasteiger partial charge on any atom is -0.383 e. The molecule has 0 spiro atoms. The lowest BCUT2D eigenvalue weighted by Crippen LogP contribution is -2.42. The number of urea groups is 1. The average Bonchev–Trinajstić information content (AvgIpc) is 3.62. The van der Waals surface area contributed by atoms with Crippen LogP contribution in [0.1, 0.15) is 17.2 Å². The van der Waals surface area contributed by atoms with Gasteiger partial charge >= 0.3 is 6.03 Å². The highest BCUT2D eigenvalue weighted by Crippen LogP contribution is 2.32. The van der Waals surface area contributed by atoms with Gasteiger partial charge in [0, 0.05) is 68.6 Å². The number of aromatic nitrogens is 5. The summed E-state index contributed by atoms with van der Waals surface area (Å²) >= 11 is 0. The Morgan fingerprint density at radius 3 is 2.56 bits per heavy atom. The molecule has 2 amide bonds. The first-order chi connectivity index (χ1) is 21.9. The monoisotopic (exact) mass is 621 g/mol. The number of nitrogens with zero attached hydrogens (tertiary/aromatic N) is 7. The molecule has 15 heteroatoms. The Kier molecular flexibility index (Phi) is 9.21. The van der Waals surface area contributed by atoms with Crippen molar-refractivity contribution in [3.8, 4) is 16.9 Å². The summed E-state index contributed by atoms with van der Waals surface area (Å²) in [6.45, 7) is 5.58. The van der Waals surface area contributed by atoms with E-state index in [1.54, 1.807) is 29.2 Å². The first-order valence-electron chi connectivity index (χ1n) is 14.5. The number of hydroxylamine groups is 2. The molecular weight excluding hydrogens is 588 g/mol. The van der Waals surface area contributed by atoms with Gasteiger partial charge in [-0.15, -0.1) is 0 Å². The van der Waals surface area contributed by atoms with Crippen LogP contribution in [0.3, 0.4) is 0 Å². The molecule has 2 atom stereocenters. The highest BCUT2D eigenvalue weighted by Gasteiger charge is 2.37. The maximum Gasteiger partial charge on any atom is 0.320 e. The number of para-hydroxylation sites is 1. The number of nitrogens with one attached hydrogen (secondary N) is 2. The third-order valence-corrected chi connectivity index (χ3v) is 7.60. The molecule has 4 aromatic rings. The molecule has 5 heterocycles. The van der Waals surface area contributed by atoms with E-state index in [-0.39, 0.29) is 12.1 Å². The van der Waals surface area contributed by atoms with Crippen molar-refractivity contribution in [1.29, 1.82) is 0 Å². The number of anilines is 2. The fraction of sp³-hybridized carbons (Fsp3) is 0.367. The normalized spacial score (nSPS) is 18.7. The van der Waals surface area contributed by atoms with E-state index in [1.165, 1.54) is 6.20 Å². The van der Waals surface area contributed by atoms with Crippen LogP contribution in [0, 0.1) is 18.7 Å². The maximum atomic E-state index is 14.1. The van der Waals surface area contributed by atoms with Gasteiger partial charge in [-0.05, 0) is 25.1 Å². The summed E-state index contributed by atoms with van der Waals surface area (Å²) in [5.41, 5.74) is 3.00. The van der Waals surface area contributed by atoms with Gasteiger partial charge < -0.3 is 19.7 Å². The minimum absolute atomic E-state index is 0.273. The molecule has 2 aliphatic heterocycles. The second-order valence-electron chi connectivity index (χ2n) is 10.6. The maximum absolute atomic E-state index is 14.1. The summed E-state index contributed by atoms with van der Waals surface area (Å²) in [4.78, 5) is 34.2. The van der Waals surface area contributed by atoms with E-state index in [2.05, 4.69) is 30.5 Å². The molecule has 2 fully saturated rings. The van der Waals surface area contributed by atoms with Crippen molar-refractivity contribution >= 4 is 17.8 Å². The smallest absolute Gasteiger partial charge is 0.320 e. The molecule has 0 saturated carbocycles. The van der Waals surface area contributed by atoms with E-state index in [4.69, 9.17) is 19.4 Å². The number of methoxy groups -OCH3 is 1. The van der Waals surface area contributed by atoms with Gasteiger partial charge in [-0.2, -0.15) is 14.6 Å². The number of carbonyl (C=O) groups excluding carboxylic acids is 1. The number of ether oxygens (including phenoxy) is 2. The van der Waals surface area contributed by atoms with E-state index in [0.717, 1.165) is 11.8 Å². The van der Waals surface area contributed by atoms with Gasteiger partial charge in [0.15, 0.2) is 5.82 Å². The lowest BCUT2D eigenvalue weighted by molar-refractivity contribution is -0.154. The number of benzene rings is 1. The molecule has 2 N–H and O–H groups in total. The van der Waals surface area contributed by atoms with Crippen molar-refractivity contribution in [2.75, 3.05) is 63.3 Å². The van der Waals surface area contributed by atoms with Crippen LogP contribution in [0.25, 0.3) is 16.9 Å². The minimum atomic E-state index is -1.21. The number of rotatable bonds is 9. The molecule has 0 unspecified atom stereocenters. The molecule has 0 aliphatic carbocycles. The molecule has 45 heavy (non-hydrogen) atoms. The predicted octanol–water partition coefficient (Wildman–Crippen LogP) is 3.27. The number of pyridine rings is 1. The number of hydrogen-bond acceptors (Lipinski definition) is 10. The van der Waals surface area contributed by atoms with Crippen molar-refractivity contribution in [2.45, 2.75) is 19.1 Å². The Balaban J connectivity index is 1.26. The molecule has 13 nitrogen and oxygen atoms in total. The molecule has 2 saturated heterocycles. The largest absolute Gasteiger partial charge is 0.383 e. The number of carbonyl (C=O) groups is 1. The van der Waals surface area contributed by atoms with Crippen LogP contribution >= 0.6 is 0 Å². The number of hydrogen-bond donors (Lipinski definition) is 2. The van der Waals surface area contributed by atoms with Crippen molar-refractivity contribution in [1.82, 2.24) is 35.1 Å². The average molecular weight is 622 g/mol. The standard InChI is InChI=1S/C30H33F2N9O4/c1-19-25(21-16-34-29(35-17-21)39-8-12-44-13-9-39)38-41(22-6-4-3-5-7-22)28(19)37-30(42)36-24-18-40(10-11-43-2)45-26(24)20-14-23(31)27(32)33-15-20/h3-7,14-17,24,26H,8-13,18H2,1-2H3,(H2,36,37,42)/t24-,26+/m1/s1. The molecule has 0 radical (unpaired) electrons. The lowest BCUT2D eigenvalue weighted by Gasteiger charge is -2.26. The molecule has 6 rings (SSSR count). The van der Waals surface area contributed by atoms with Gasteiger partial charge in [-0.1, -0.05) is 18.2 Å². The molecular formula is C30H33F2N9O4. The first-order valence-corrected chi connectivity index (χ1v) is 14.5. The van der Waals surface area contributed by atoms with E-state index < -0.39 is 29.9 Å². The molecule has 3 aromatic heterocycles. The van der Waals surface area contributed by atoms with Crippen LogP contribution in [-0.4, -0.2) is 95.0 Å². The molecule has 1 aromatic carbocycles. The Hall–Kier alpha value is -4.57. The van der Waals surface area contributed by atoms with Gasteiger partial charge in [-0.25, -0.2) is 28.8 Å². The first kappa shape index (κ1) is 30.5. The third kappa shape index (κ3) is 6.76. The second kappa shape index (κ2) is 13.6. The zero-order chi connectivity index (χ0) is 31.3. The quantitative estimate of drug-likeness (QED) is 0.269. The van der Waals surface area contributed by atoms with Crippen LogP contribution < -0.4 is 15.5 Å². The van der Waals surface area contributed by atoms with E-state index >= 15 is 0 Å². The van der Waals surface area contributed by atoms with Crippen LogP contribution in [0.5, 0.6) is 0 Å². The summed E-state index contributed by atoms with van der Waals surface area (Å²) in [6.07, 6.45) is 3.82. The summed E-state index contributed by atoms with van der Waals surface area (Å²) in [7, 11) is 1.56. The van der Waals surface area contributed by atoms with E-state index in [0.29, 0.717) is 68.0 Å². The molecule has 0 bridgehead atoms. The highest BCUT2D eigenvalue weighted by molar-refractivity contribution is 5.91. The third-order valence-electron chi connectivity index (χ3n) is 7.60. The van der Waals surface area contributed by atoms with Gasteiger partial charge in [0.05, 0.1) is 31.5 Å². The number of halogens is 2. The van der Waals surface area contributed by atoms with E-state index in [1.807, 2.05) is 37.3 Å². The fourth-order valence-electron chi connectivity index (χ4n) is 5.29. The Labute approximate surface area is 258 Å². The van der Waals surface area contributed by atoms with Crippen LogP contribution in [0.2, 0.25) is 0 Å². The Morgan fingerprint density at radius 1 is 1.09 bits per heavy atom. The predicted molar refractivity (Wildman–Crippen MR) is 160 cm³/mol. The Bertz CT molecular complexity index is 1620. The summed E-state index contributed by atoms with van der Waals surface area (Å²) in [5, 5.41) is 12.3. The van der Waals surface area contributed by atoms with Crippen LogP contribution in [0.4, 0.5) is 25.3 Å². The van der Waals surface area contributed by atoms with Crippen molar-refractivity contribution in [2.24, 2.45) is 0 Å². The van der Waals surface area contributed by atoms with Crippen molar-refractivity contribution in [3.63, 3.8) is 0 Å². The van der Waals surface area contributed by atoms with Gasteiger partial charge in [0.2, 0.25) is 11.9 Å². The summed E-state index contributed by atoms with van der Waals surface area (Å²) in [5.74, 6) is -1.26. The van der Waals surface area contributed by atoms with Crippen LogP contribution in [0.15, 0.2) is 55.0 Å². The van der Waals surface area contributed by atoms with Crippen molar-refractivity contribution < 1.29 is 27.9 Å². The topological polar surface area (TPSA) is 132 Å². The number of morpholine rings is 1. The van der Waals surface area contributed by atoms with Crippen molar-refractivity contribution in [3.05, 3.63) is 77.9 Å². The lowest BCUT2D eigenvalue weighted by atomic mass is 10.0. The zero-order valence-corrected chi connectivity index (χ0v) is 24.8. The highest BCUT2D eigenvalue weighted by atomic mass is 19.2. The molecule has 236 valence electrons. The van der Waals surface area contributed by atoms with E-state index in [9.17, 15) is 13.6 Å². The van der Waals surface area contributed by atoms with Gasteiger partial charge in [-0.3, -0.25) is 10.2 Å². The Morgan fingerprint density at radius 2 is 1.84 bits per heavy atom. The second-order valence-corrected chi connectivity index (χ2v) is 10.6. The zero-order valence-electron chi connectivity index (χ0n) is 24.8. The number of amides is 2. The van der Waals surface area contributed by atoms with Gasteiger partial charge in [0.25, 0.3) is 0 Å². The summed E-state index contributed by atoms with van der Waals surface area (Å²) < 4.78 is 39.9. The molecule has 2 aliphatic rings. The van der Waals surface area contributed by atoms with Crippen LogP contribution in [-0.2, 0) is 14.3 Å². The SMILES string of the molecule is COCCN1C[C@@H](NC(=O)Nc2c(C)c(-c3cnc(N4CCOCC4)nc3)nn2-c2ccccc2)[C@H](c2cnc(F)c(F)c2)O1.